The first kappa shape index (κ1) is 14.9. The minimum Gasteiger partial charge on any atom is -0.357 e. The molecule has 1 aliphatic rings. The summed E-state index contributed by atoms with van der Waals surface area (Å²) in [6.07, 6.45) is 1.18. The average Bonchev–Trinajstić information content (AvgIpc) is 2.92. The molecule has 4 heteroatoms. The topological polar surface area (TPSA) is 36.1 Å². The van der Waals surface area contributed by atoms with Crippen molar-refractivity contribution in [2.45, 2.75) is 26.3 Å². The highest BCUT2D eigenvalue weighted by atomic mass is 19.1. The number of hydrogen-bond acceptors (Lipinski definition) is 1. The third-order valence-electron chi connectivity index (χ3n) is 4.73. The molecule has 3 aromatic rings. The number of amides is 1. The van der Waals surface area contributed by atoms with Crippen LogP contribution in [0.25, 0.3) is 10.9 Å². The fourth-order valence-electron chi connectivity index (χ4n) is 3.53. The van der Waals surface area contributed by atoms with Crippen LogP contribution >= 0.6 is 0 Å². The molecule has 1 amide bonds. The van der Waals surface area contributed by atoms with E-state index in [1.165, 1.54) is 11.6 Å². The van der Waals surface area contributed by atoms with Gasteiger partial charge in [0.15, 0.2) is 0 Å². The van der Waals surface area contributed by atoms with Crippen LogP contribution in [0.5, 0.6) is 0 Å². The van der Waals surface area contributed by atoms with Gasteiger partial charge in [-0.05, 0) is 42.7 Å². The number of carbonyl (C=O) groups is 1. The Morgan fingerprint density at radius 2 is 2.12 bits per heavy atom. The van der Waals surface area contributed by atoms with Gasteiger partial charge < -0.3 is 9.88 Å². The summed E-state index contributed by atoms with van der Waals surface area (Å²) in [6, 6.07) is 12.9. The van der Waals surface area contributed by atoms with Crippen LogP contribution in [-0.2, 0) is 24.2 Å². The lowest BCUT2D eigenvalue weighted by Crippen LogP contribution is -2.36. The SMILES string of the molecule is Cc1cccc(CC(=O)N2CCc3c([nH]c4ccc(F)cc34)C2)c1. The molecule has 0 atom stereocenters. The standard InChI is InChI=1S/C20H19FN2O/c1-13-3-2-4-14(9-13)10-20(24)23-8-7-16-17-11-15(21)5-6-18(17)22-19(16)12-23/h2-6,9,11,22H,7-8,10,12H2,1H3. The van der Waals surface area contributed by atoms with Crippen molar-refractivity contribution in [2.24, 2.45) is 0 Å². The maximum absolute atomic E-state index is 13.5. The van der Waals surface area contributed by atoms with E-state index in [0.29, 0.717) is 19.5 Å². The maximum atomic E-state index is 13.5. The highest BCUT2D eigenvalue weighted by molar-refractivity contribution is 5.86. The van der Waals surface area contributed by atoms with Crippen LogP contribution in [0, 0.1) is 12.7 Å². The summed E-state index contributed by atoms with van der Waals surface area (Å²) >= 11 is 0. The van der Waals surface area contributed by atoms with Crippen molar-refractivity contribution < 1.29 is 9.18 Å². The summed E-state index contributed by atoms with van der Waals surface area (Å²) < 4.78 is 13.5. The van der Waals surface area contributed by atoms with E-state index in [2.05, 4.69) is 11.1 Å². The van der Waals surface area contributed by atoms with Gasteiger partial charge in [-0.1, -0.05) is 29.8 Å². The molecule has 122 valence electrons. The Kier molecular flexibility index (Phi) is 3.60. The lowest BCUT2D eigenvalue weighted by atomic mass is 10.0. The molecule has 0 spiro atoms. The summed E-state index contributed by atoms with van der Waals surface area (Å²) in [4.78, 5) is 17.8. The number of carbonyl (C=O) groups excluding carboxylic acids is 1. The lowest BCUT2D eigenvalue weighted by Gasteiger charge is -2.27. The second-order valence-corrected chi connectivity index (χ2v) is 6.50. The van der Waals surface area contributed by atoms with Gasteiger partial charge in [0.05, 0.1) is 13.0 Å². The molecule has 4 rings (SSSR count). The van der Waals surface area contributed by atoms with Crippen molar-refractivity contribution in [3.05, 3.63) is 70.7 Å². The largest absolute Gasteiger partial charge is 0.357 e. The van der Waals surface area contributed by atoms with Crippen molar-refractivity contribution in [1.82, 2.24) is 9.88 Å². The third-order valence-corrected chi connectivity index (χ3v) is 4.73. The Morgan fingerprint density at radius 3 is 2.96 bits per heavy atom. The van der Waals surface area contributed by atoms with Crippen LogP contribution in [0.15, 0.2) is 42.5 Å². The van der Waals surface area contributed by atoms with Crippen LogP contribution in [0.2, 0.25) is 0 Å². The van der Waals surface area contributed by atoms with Gasteiger partial charge in [0, 0.05) is 23.1 Å². The first-order chi connectivity index (χ1) is 11.6. The number of aromatic nitrogens is 1. The van der Waals surface area contributed by atoms with Crippen LogP contribution in [0.4, 0.5) is 4.39 Å². The Morgan fingerprint density at radius 1 is 1.25 bits per heavy atom. The van der Waals surface area contributed by atoms with Crippen molar-refractivity contribution in [1.29, 1.82) is 0 Å². The molecule has 2 heterocycles. The zero-order chi connectivity index (χ0) is 16.7. The van der Waals surface area contributed by atoms with Gasteiger partial charge in [-0.2, -0.15) is 0 Å². The zero-order valence-corrected chi connectivity index (χ0v) is 13.6. The van der Waals surface area contributed by atoms with E-state index in [9.17, 15) is 9.18 Å². The van der Waals surface area contributed by atoms with Gasteiger partial charge in [0.25, 0.3) is 0 Å². The summed E-state index contributed by atoms with van der Waals surface area (Å²) in [6.45, 7) is 3.28. The number of aromatic amines is 1. The van der Waals surface area contributed by atoms with E-state index in [-0.39, 0.29) is 11.7 Å². The van der Waals surface area contributed by atoms with Crippen LogP contribution < -0.4 is 0 Å². The van der Waals surface area contributed by atoms with E-state index in [4.69, 9.17) is 0 Å². The molecule has 3 nitrogen and oxygen atoms in total. The molecular formula is C20H19FN2O. The van der Waals surface area contributed by atoms with Gasteiger partial charge in [-0.15, -0.1) is 0 Å². The second kappa shape index (κ2) is 5.78. The molecule has 0 aliphatic carbocycles. The zero-order valence-electron chi connectivity index (χ0n) is 13.6. The number of nitrogens with one attached hydrogen (secondary N) is 1. The van der Waals surface area contributed by atoms with Gasteiger partial charge in [0.1, 0.15) is 5.82 Å². The predicted molar refractivity (Wildman–Crippen MR) is 92.3 cm³/mol. The number of nitrogens with zero attached hydrogens (tertiary/aromatic N) is 1. The summed E-state index contributed by atoms with van der Waals surface area (Å²) in [5.41, 5.74) is 5.32. The number of H-pyrrole nitrogens is 1. The molecule has 0 fully saturated rings. The minimum atomic E-state index is -0.220. The van der Waals surface area contributed by atoms with Crippen molar-refractivity contribution >= 4 is 16.8 Å². The van der Waals surface area contributed by atoms with Crippen molar-refractivity contribution in [2.75, 3.05) is 6.54 Å². The molecule has 1 N–H and O–H groups in total. The van der Waals surface area contributed by atoms with Gasteiger partial charge in [-0.25, -0.2) is 4.39 Å². The normalized spacial score (nSPS) is 14.0. The van der Waals surface area contributed by atoms with Crippen molar-refractivity contribution in [3.63, 3.8) is 0 Å². The molecule has 0 saturated heterocycles. The predicted octanol–water partition coefficient (Wildman–Crippen LogP) is 3.74. The number of fused-ring (bicyclic) bond motifs is 3. The first-order valence-electron chi connectivity index (χ1n) is 8.22. The summed E-state index contributed by atoms with van der Waals surface area (Å²) in [7, 11) is 0. The smallest absolute Gasteiger partial charge is 0.227 e. The van der Waals surface area contributed by atoms with Crippen LogP contribution in [-0.4, -0.2) is 22.3 Å². The second-order valence-electron chi connectivity index (χ2n) is 6.50. The number of halogens is 1. The van der Waals surface area contributed by atoms with E-state index in [0.717, 1.165) is 34.1 Å². The van der Waals surface area contributed by atoms with Gasteiger partial charge in [-0.3, -0.25) is 4.79 Å². The average molecular weight is 322 g/mol. The summed E-state index contributed by atoms with van der Waals surface area (Å²) in [5, 5.41) is 0.941. The third kappa shape index (κ3) is 2.68. The highest BCUT2D eigenvalue weighted by Gasteiger charge is 2.24. The molecular weight excluding hydrogens is 303 g/mol. The van der Waals surface area contributed by atoms with Crippen LogP contribution in [0.3, 0.4) is 0 Å². The van der Waals surface area contributed by atoms with Gasteiger partial charge in [0.2, 0.25) is 5.91 Å². The van der Waals surface area contributed by atoms with E-state index >= 15 is 0 Å². The minimum absolute atomic E-state index is 0.135. The highest BCUT2D eigenvalue weighted by Crippen LogP contribution is 2.28. The lowest BCUT2D eigenvalue weighted by molar-refractivity contribution is -0.131. The Balaban J connectivity index is 1.55. The fourth-order valence-corrected chi connectivity index (χ4v) is 3.53. The number of rotatable bonds is 2. The molecule has 1 aliphatic heterocycles. The monoisotopic (exact) mass is 322 g/mol. The number of aryl methyl sites for hydroxylation is 1. The molecule has 0 bridgehead atoms. The Labute approximate surface area is 140 Å². The van der Waals surface area contributed by atoms with E-state index in [1.807, 2.05) is 30.0 Å². The molecule has 0 saturated carbocycles. The quantitative estimate of drug-likeness (QED) is 0.766. The first-order valence-corrected chi connectivity index (χ1v) is 8.22. The summed E-state index contributed by atoms with van der Waals surface area (Å²) in [5.74, 6) is -0.0849. The molecule has 2 aromatic carbocycles. The molecule has 0 radical (unpaired) electrons. The van der Waals surface area contributed by atoms with Gasteiger partial charge >= 0.3 is 0 Å². The Bertz CT molecular complexity index is 929. The number of hydrogen-bond donors (Lipinski definition) is 1. The maximum Gasteiger partial charge on any atom is 0.227 e. The van der Waals surface area contributed by atoms with E-state index < -0.39 is 0 Å². The van der Waals surface area contributed by atoms with Crippen LogP contribution in [0.1, 0.15) is 22.4 Å². The number of benzene rings is 2. The molecule has 24 heavy (non-hydrogen) atoms. The molecule has 1 aromatic heterocycles. The van der Waals surface area contributed by atoms with Crippen molar-refractivity contribution in [3.8, 4) is 0 Å². The van der Waals surface area contributed by atoms with E-state index in [1.54, 1.807) is 12.1 Å². The molecule has 0 unspecified atom stereocenters. The Hall–Kier alpha value is -2.62. The fraction of sp³-hybridized carbons (Fsp3) is 0.250.